The lowest BCUT2D eigenvalue weighted by molar-refractivity contribution is 0.477. The molecule has 1 aromatic carbocycles. The van der Waals surface area contributed by atoms with Crippen molar-refractivity contribution < 1.29 is 5.11 Å². The number of aromatic hydroxyl groups is 1. The van der Waals surface area contributed by atoms with Gasteiger partial charge in [0.1, 0.15) is 5.75 Å². The number of hydrogen-bond acceptors (Lipinski definition) is 3. The third-order valence-electron chi connectivity index (χ3n) is 2.35. The molecule has 84 valence electrons. The summed E-state index contributed by atoms with van der Waals surface area (Å²) in [6.45, 7) is 1.94. The SMILES string of the molecule is CC(N)Cc1cc(-c2ccccc2O)n[nH]1. The lowest BCUT2D eigenvalue weighted by atomic mass is 10.1. The number of aromatic nitrogens is 2. The van der Waals surface area contributed by atoms with Crippen molar-refractivity contribution in [2.24, 2.45) is 5.73 Å². The van der Waals surface area contributed by atoms with E-state index in [1.165, 1.54) is 0 Å². The maximum Gasteiger partial charge on any atom is 0.125 e. The van der Waals surface area contributed by atoms with Crippen LogP contribution < -0.4 is 5.73 Å². The molecule has 0 spiro atoms. The summed E-state index contributed by atoms with van der Waals surface area (Å²) in [5.74, 6) is 0.237. The molecule has 0 radical (unpaired) electrons. The number of H-pyrrole nitrogens is 1. The number of nitrogens with two attached hydrogens (primary N) is 1. The van der Waals surface area contributed by atoms with E-state index < -0.39 is 0 Å². The van der Waals surface area contributed by atoms with Gasteiger partial charge in [-0.2, -0.15) is 5.10 Å². The van der Waals surface area contributed by atoms with Gasteiger partial charge in [-0.15, -0.1) is 0 Å². The van der Waals surface area contributed by atoms with E-state index in [9.17, 15) is 5.11 Å². The summed E-state index contributed by atoms with van der Waals surface area (Å²) < 4.78 is 0. The molecule has 16 heavy (non-hydrogen) atoms. The third kappa shape index (κ3) is 2.23. The molecule has 4 nitrogen and oxygen atoms in total. The van der Waals surface area contributed by atoms with Gasteiger partial charge in [0.2, 0.25) is 0 Å². The second-order valence-corrected chi connectivity index (χ2v) is 3.98. The molecule has 0 amide bonds. The van der Waals surface area contributed by atoms with E-state index in [0.717, 1.165) is 23.4 Å². The Morgan fingerprint density at radius 1 is 1.44 bits per heavy atom. The summed E-state index contributed by atoms with van der Waals surface area (Å²) in [5.41, 5.74) is 8.16. The first-order chi connectivity index (χ1) is 7.66. The van der Waals surface area contributed by atoms with Crippen molar-refractivity contribution in [3.8, 4) is 17.0 Å². The monoisotopic (exact) mass is 217 g/mol. The molecule has 2 rings (SSSR count). The van der Waals surface area contributed by atoms with E-state index in [4.69, 9.17) is 5.73 Å². The maximum atomic E-state index is 9.68. The first-order valence-corrected chi connectivity index (χ1v) is 5.25. The van der Waals surface area contributed by atoms with Crippen LogP contribution in [0, 0.1) is 0 Å². The molecule has 0 aliphatic carbocycles. The average molecular weight is 217 g/mol. The molecule has 0 fully saturated rings. The molecule has 4 heteroatoms. The van der Waals surface area contributed by atoms with Crippen LogP contribution in [0.2, 0.25) is 0 Å². The highest BCUT2D eigenvalue weighted by atomic mass is 16.3. The lowest BCUT2D eigenvalue weighted by Crippen LogP contribution is -2.17. The van der Waals surface area contributed by atoms with Crippen LogP contribution in [-0.2, 0) is 6.42 Å². The standard InChI is InChI=1S/C12H15N3O/c1-8(13)6-9-7-11(15-14-9)10-4-2-3-5-12(10)16/h2-5,7-8,16H,6,13H2,1H3,(H,14,15). The number of aromatic amines is 1. The Bertz CT molecular complexity index is 477. The largest absolute Gasteiger partial charge is 0.507 e. The second kappa shape index (κ2) is 4.37. The van der Waals surface area contributed by atoms with Crippen LogP contribution >= 0.6 is 0 Å². The fourth-order valence-electron chi connectivity index (χ4n) is 1.64. The molecular weight excluding hydrogens is 202 g/mol. The second-order valence-electron chi connectivity index (χ2n) is 3.98. The van der Waals surface area contributed by atoms with Crippen LogP contribution in [0.15, 0.2) is 30.3 Å². The summed E-state index contributed by atoms with van der Waals surface area (Å²) in [5, 5.41) is 16.8. The number of nitrogens with one attached hydrogen (secondary N) is 1. The number of hydrogen-bond donors (Lipinski definition) is 3. The minimum absolute atomic E-state index is 0.0951. The summed E-state index contributed by atoms with van der Waals surface area (Å²) in [6.07, 6.45) is 0.751. The molecule has 1 unspecified atom stereocenters. The number of phenols is 1. The summed E-state index contributed by atoms with van der Waals surface area (Å²) >= 11 is 0. The fraction of sp³-hybridized carbons (Fsp3) is 0.250. The molecule has 0 aliphatic rings. The lowest BCUT2D eigenvalue weighted by Gasteiger charge is -2.00. The average Bonchev–Trinajstić information content (AvgIpc) is 2.66. The fourth-order valence-corrected chi connectivity index (χ4v) is 1.64. The van der Waals surface area contributed by atoms with Crippen LogP contribution in [0.3, 0.4) is 0 Å². The van der Waals surface area contributed by atoms with Gasteiger partial charge in [-0.1, -0.05) is 12.1 Å². The van der Waals surface area contributed by atoms with Gasteiger partial charge in [-0.05, 0) is 25.1 Å². The van der Waals surface area contributed by atoms with Crippen LogP contribution in [-0.4, -0.2) is 21.3 Å². The highest BCUT2D eigenvalue weighted by Gasteiger charge is 2.08. The summed E-state index contributed by atoms with van der Waals surface area (Å²) in [4.78, 5) is 0. The first-order valence-electron chi connectivity index (χ1n) is 5.25. The van der Waals surface area contributed by atoms with Crippen molar-refractivity contribution in [3.63, 3.8) is 0 Å². The van der Waals surface area contributed by atoms with Crippen LogP contribution in [0.5, 0.6) is 5.75 Å². The van der Waals surface area contributed by atoms with Gasteiger partial charge >= 0.3 is 0 Å². The minimum atomic E-state index is 0.0951. The van der Waals surface area contributed by atoms with Crippen molar-refractivity contribution in [1.82, 2.24) is 10.2 Å². The highest BCUT2D eigenvalue weighted by molar-refractivity contribution is 5.66. The molecule has 1 aromatic heterocycles. The molecule has 1 heterocycles. The Morgan fingerprint density at radius 3 is 2.88 bits per heavy atom. The van der Waals surface area contributed by atoms with E-state index in [1.54, 1.807) is 12.1 Å². The number of rotatable bonds is 3. The van der Waals surface area contributed by atoms with Gasteiger partial charge in [-0.25, -0.2) is 0 Å². The van der Waals surface area contributed by atoms with Crippen LogP contribution in [0.25, 0.3) is 11.3 Å². The zero-order chi connectivity index (χ0) is 11.5. The number of nitrogens with zero attached hydrogens (tertiary/aromatic N) is 1. The van der Waals surface area contributed by atoms with Crippen molar-refractivity contribution in [1.29, 1.82) is 0 Å². The predicted octanol–water partition coefficient (Wildman–Crippen LogP) is 1.67. The predicted molar refractivity (Wildman–Crippen MR) is 63.0 cm³/mol. The topological polar surface area (TPSA) is 74.9 Å². The quantitative estimate of drug-likeness (QED) is 0.732. The van der Waals surface area contributed by atoms with Gasteiger partial charge < -0.3 is 10.8 Å². The normalized spacial score (nSPS) is 12.6. The highest BCUT2D eigenvalue weighted by Crippen LogP contribution is 2.27. The van der Waals surface area contributed by atoms with E-state index in [-0.39, 0.29) is 11.8 Å². The van der Waals surface area contributed by atoms with Gasteiger partial charge in [0, 0.05) is 23.7 Å². The number of para-hydroxylation sites is 1. The molecule has 4 N–H and O–H groups in total. The van der Waals surface area contributed by atoms with Crippen LogP contribution in [0.4, 0.5) is 0 Å². The van der Waals surface area contributed by atoms with E-state index in [2.05, 4.69) is 10.2 Å². The first kappa shape index (κ1) is 10.7. The Morgan fingerprint density at radius 2 is 2.19 bits per heavy atom. The molecule has 0 saturated carbocycles. The van der Waals surface area contributed by atoms with Gasteiger partial charge in [0.25, 0.3) is 0 Å². The maximum absolute atomic E-state index is 9.68. The molecule has 0 aliphatic heterocycles. The van der Waals surface area contributed by atoms with Crippen molar-refractivity contribution in [3.05, 3.63) is 36.0 Å². The Balaban J connectivity index is 2.28. The van der Waals surface area contributed by atoms with Gasteiger partial charge in [-0.3, -0.25) is 5.10 Å². The van der Waals surface area contributed by atoms with Crippen LogP contribution in [0.1, 0.15) is 12.6 Å². The molecule has 0 saturated heterocycles. The molecular formula is C12H15N3O. The van der Waals surface area contributed by atoms with Gasteiger partial charge in [0.15, 0.2) is 0 Å². The zero-order valence-electron chi connectivity index (χ0n) is 9.14. The Hall–Kier alpha value is -1.81. The third-order valence-corrected chi connectivity index (χ3v) is 2.35. The molecule has 0 bridgehead atoms. The smallest absolute Gasteiger partial charge is 0.125 e. The Kier molecular flexibility index (Phi) is 2.92. The minimum Gasteiger partial charge on any atom is -0.507 e. The summed E-state index contributed by atoms with van der Waals surface area (Å²) in [6, 6.07) is 9.15. The zero-order valence-corrected chi connectivity index (χ0v) is 9.14. The van der Waals surface area contributed by atoms with E-state index in [0.29, 0.717) is 0 Å². The van der Waals surface area contributed by atoms with E-state index in [1.807, 2.05) is 25.1 Å². The Labute approximate surface area is 94.1 Å². The number of benzene rings is 1. The van der Waals surface area contributed by atoms with Crippen molar-refractivity contribution in [2.75, 3.05) is 0 Å². The number of phenolic OH excluding ortho intramolecular Hbond substituents is 1. The van der Waals surface area contributed by atoms with Crippen molar-refractivity contribution >= 4 is 0 Å². The van der Waals surface area contributed by atoms with E-state index >= 15 is 0 Å². The molecule has 2 aromatic rings. The van der Waals surface area contributed by atoms with Gasteiger partial charge in [0.05, 0.1) is 5.69 Å². The molecule has 1 atom stereocenters. The van der Waals surface area contributed by atoms with Crippen molar-refractivity contribution in [2.45, 2.75) is 19.4 Å². The summed E-state index contributed by atoms with van der Waals surface area (Å²) in [7, 11) is 0.